The first kappa shape index (κ1) is 16.2. The molecule has 4 heterocycles. The molecule has 0 bridgehead atoms. The third kappa shape index (κ3) is 3.40. The molecule has 0 aliphatic carbocycles. The number of fused-ring (bicyclic) bond motifs is 1. The Balaban J connectivity index is 1.35. The second-order valence-corrected chi connectivity index (χ2v) is 8.73. The zero-order valence-corrected chi connectivity index (χ0v) is 15.5. The molecule has 2 aromatic heterocycles. The van der Waals surface area contributed by atoms with Gasteiger partial charge in [-0.15, -0.1) is 11.3 Å². The number of nitrogens with zero attached hydrogens (tertiary/aromatic N) is 3. The zero-order chi connectivity index (χ0) is 16.4. The summed E-state index contributed by atoms with van der Waals surface area (Å²) in [6.45, 7) is 3.97. The predicted molar refractivity (Wildman–Crippen MR) is 103 cm³/mol. The molecule has 6 heteroatoms. The molecular weight excluding hydrogens is 338 g/mol. The smallest absolute Gasteiger partial charge is 0.222 e. The Morgan fingerprint density at radius 2 is 1.96 bits per heavy atom. The van der Waals surface area contributed by atoms with E-state index in [-0.39, 0.29) is 0 Å². The molecule has 4 nitrogen and oxygen atoms in total. The Labute approximate surface area is 151 Å². The highest BCUT2D eigenvalue weighted by Gasteiger charge is 2.25. The van der Waals surface area contributed by atoms with E-state index in [1.165, 1.54) is 10.4 Å². The van der Waals surface area contributed by atoms with E-state index in [4.69, 9.17) is 0 Å². The van der Waals surface area contributed by atoms with Crippen molar-refractivity contribution >= 4 is 44.9 Å². The topological polar surface area (TPSA) is 36.4 Å². The summed E-state index contributed by atoms with van der Waals surface area (Å²) < 4.78 is 1.29. The molecule has 2 fully saturated rings. The summed E-state index contributed by atoms with van der Waals surface area (Å²) in [5.41, 5.74) is 2.41. The minimum Gasteiger partial charge on any atom is -0.370 e. The van der Waals surface area contributed by atoms with E-state index >= 15 is 0 Å². The van der Waals surface area contributed by atoms with Gasteiger partial charge in [-0.1, -0.05) is 0 Å². The second kappa shape index (κ2) is 7.31. The molecule has 1 amide bonds. The average Bonchev–Trinajstić information content (AvgIpc) is 3.12. The molecular formula is C18H23N3OS2. The van der Waals surface area contributed by atoms with E-state index in [0.717, 1.165) is 62.5 Å². The third-order valence-corrected chi connectivity index (χ3v) is 6.97. The maximum absolute atomic E-state index is 12.5. The van der Waals surface area contributed by atoms with Crippen LogP contribution >= 0.6 is 23.1 Å². The molecule has 0 radical (unpaired) electrons. The number of carbonyl (C=O) groups is 1. The van der Waals surface area contributed by atoms with Crippen molar-refractivity contribution in [1.82, 2.24) is 9.88 Å². The van der Waals surface area contributed by atoms with Gasteiger partial charge in [0.1, 0.15) is 0 Å². The molecule has 2 aliphatic heterocycles. The van der Waals surface area contributed by atoms with E-state index < -0.39 is 0 Å². The number of rotatable bonds is 3. The van der Waals surface area contributed by atoms with Gasteiger partial charge in [-0.05, 0) is 36.3 Å². The van der Waals surface area contributed by atoms with Crippen LogP contribution in [-0.4, -0.2) is 53.5 Å². The summed E-state index contributed by atoms with van der Waals surface area (Å²) in [6, 6.07) is 4.22. The number of piperidine rings is 1. The van der Waals surface area contributed by atoms with Crippen LogP contribution in [0.25, 0.3) is 10.2 Å². The fraction of sp³-hybridized carbons (Fsp3) is 0.556. The number of carbonyl (C=O) groups excluding carboxylic acids is 1. The van der Waals surface area contributed by atoms with E-state index in [9.17, 15) is 4.79 Å². The van der Waals surface area contributed by atoms with Gasteiger partial charge in [0.05, 0.1) is 15.9 Å². The number of hydrogen-bond donors (Lipinski definition) is 0. The molecule has 0 N–H and O–H groups in total. The van der Waals surface area contributed by atoms with E-state index in [1.54, 1.807) is 11.3 Å². The number of aromatic nitrogens is 1. The first-order valence-electron chi connectivity index (χ1n) is 8.74. The molecule has 24 heavy (non-hydrogen) atoms. The van der Waals surface area contributed by atoms with Crippen molar-refractivity contribution in [2.24, 2.45) is 5.92 Å². The summed E-state index contributed by atoms with van der Waals surface area (Å²) in [5, 5.41) is 2.11. The van der Waals surface area contributed by atoms with Gasteiger partial charge in [0, 0.05) is 50.3 Å². The monoisotopic (exact) mass is 361 g/mol. The SMILES string of the molecule is O=C(CC1CCN(c2ccnc3ccsc23)CC1)N1CCSCC1. The van der Waals surface area contributed by atoms with Crippen LogP contribution in [0.1, 0.15) is 19.3 Å². The summed E-state index contributed by atoms with van der Waals surface area (Å²) in [6.07, 6.45) is 4.88. The fourth-order valence-electron chi connectivity index (χ4n) is 3.68. The third-order valence-electron chi connectivity index (χ3n) is 5.11. The number of pyridine rings is 1. The average molecular weight is 362 g/mol. The minimum absolute atomic E-state index is 0.373. The molecule has 128 valence electrons. The van der Waals surface area contributed by atoms with E-state index in [0.29, 0.717) is 11.8 Å². The van der Waals surface area contributed by atoms with Crippen LogP contribution in [0, 0.1) is 5.92 Å². The maximum atomic E-state index is 12.5. The molecule has 2 aliphatic rings. The Bertz CT molecular complexity index is 703. The number of thiophene rings is 1. The van der Waals surface area contributed by atoms with E-state index in [1.807, 2.05) is 18.0 Å². The minimum atomic E-state index is 0.373. The largest absolute Gasteiger partial charge is 0.370 e. The molecule has 2 aromatic rings. The summed E-state index contributed by atoms with van der Waals surface area (Å²) in [4.78, 5) is 21.4. The van der Waals surface area contributed by atoms with Crippen LogP contribution in [0.4, 0.5) is 5.69 Å². The van der Waals surface area contributed by atoms with Crippen molar-refractivity contribution in [3.63, 3.8) is 0 Å². The lowest BCUT2D eigenvalue weighted by Gasteiger charge is -2.35. The Morgan fingerprint density at radius 3 is 2.75 bits per heavy atom. The number of amides is 1. The highest BCUT2D eigenvalue weighted by Crippen LogP contribution is 2.33. The van der Waals surface area contributed by atoms with Gasteiger partial charge < -0.3 is 9.80 Å². The van der Waals surface area contributed by atoms with Gasteiger partial charge in [-0.3, -0.25) is 9.78 Å². The molecule has 0 atom stereocenters. The molecule has 0 spiro atoms. The van der Waals surface area contributed by atoms with Crippen LogP contribution in [0.15, 0.2) is 23.7 Å². The first-order valence-corrected chi connectivity index (χ1v) is 10.8. The summed E-state index contributed by atoms with van der Waals surface area (Å²) >= 11 is 3.73. The fourth-order valence-corrected chi connectivity index (χ4v) is 5.47. The van der Waals surface area contributed by atoms with Gasteiger partial charge in [-0.2, -0.15) is 11.8 Å². The number of thioether (sulfide) groups is 1. The van der Waals surface area contributed by atoms with Crippen LogP contribution in [0.3, 0.4) is 0 Å². The highest BCUT2D eigenvalue weighted by molar-refractivity contribution is 7.99. The maximum Gasteiger partial charge on any atom is 0.222 e. The van der Waals surface area contributed by atoms with Crippen LogP contribution < -0.4 is 4.90 Å². The standard InChI is InChI=1S/C18H23N3OS2/c22-17(21-8-11-23-12-9-21)13-14-2-6-20(7-3-14)16-1-5-19-15-4-10-24-18(15)16/h1,4-5,10,14H,2-3,6-9,11-13H2. The predicted octanol–water partition coefficient (Wildman–Crippen LogP) is 3.48. The van der Waals surface area contributed by atoms with Crippen molar-refractivity contribution in [2.75, 3.05) is 42.6 Å². The van der Waals surface area contributed by atoms with Gasteiger partial charge in [0.25, 0.3) is 0 Å². The van der Waals surface area contributed by atoms with Gasteiger partial charge in [0.2, 0.25) is 5.91 Å². The lowest BCUT2D eigenvalue weighted by atomic mass is 9.92. The van der Waals surface area contributed by atoms with Gasteiger partial charge in [0.15, 0.2) is 0 Å². The molecule has 0 aromatic carbocycles. The normalized spacial score (nSPS) is 19.8. The Hall–Kier alpha value is -1.27. The second-order valence-electron chi connectivity index (χ2n) is 6.59. The zero-order valence-electron chi connectivity index (χ0n) is 13.8. The lowest BCUT2D eigenvalue weighted by Crippen LogP contribution is -2.40. The van der Waals surface area contributed by atoms with Crippen molar-refractivity contribution in [1.29, 1.82) is 0 Å². The van der Waals surface area contributed by atoms with Crippen LogP contribution in [0.5, 0.6) is 0 Å². The van der Waals surface area contributed by atoms with Crippen LogP contribution in [0.2, 0.25) is 0 Å². The highest BCUT2D eigenvalue weighted by atomic mass is 32.2. The molecule has 2 saturated heterocycles. The van der Waals surface area contributed by atoms with Crippen molar-refractivity contribution in [3.8, 4) is 0 Å². The molecule has 4 rings (SSSR count). The van der Waals surface area contributed by atoms with Crippen molar-refractivity contribution in [3.05, 3.63) is 23.7 Å². The van der Waals surface area contributed by atoms with E-state index in [2.05, 4.69) is 32.3 Å². The van der Waals surface area contributed by atoms with Crippen molar-refractivity contribution < 1.29 is 4.79 Å². The molecule has 0 unspecified atom stereocenters. The summed E-state index contributed by atoms with van der Waals surface area (Å²) in [7, 11) is 0. The quantitative estimate of drug-likeness (QED) is 0.839. The van der Waals surface area contributed by atoms with Crippen molar-refractivity contribution in [2.45, 2.75) is 19.3 Å². The number of hydrogen-bond acceptors (Lipinski definition) is 5. The lowest BCUT2D eigenvalue weighted by molar-refractivity contribution is -0.132. The Morgan fingerprint density at radius 1 is 1.17 bits per heavy atom. The summed E-state index contributed by atoms with van der Waals surface area (Å²) in [5.74, 6) is 3.12. The molecule has 0 saturated carbocycles. The number of anilines is 1. The van der Waals surface area contributed by atoms with Crippen LogP contribution in [-0.2, 0) is 4.79 Å². The first-order chi connectivity index (χ1) is 11.8. The Kier molecular flexibility index (Phi) is 4.94. The van der Waals surface area contributed by atoms with Gasteiger partial charge >= 0.3 is 0 Å². The van der Waals surface area contributed by atoms with Gasteiger partial charge in [-0.25, -0.2) is 0 Å².